The van der Waals surface area contributed by atoms with Crippen LogP contribution in [0.5, 0.6) is 0 Å². The van der Waals surface area contributed by atoms with Gasteiger partial charge in [0.2, 0.25) is 5.91 Å². The zero-order valence-electron chi connectivity index (χ0n) is 12.7. The van der Waals surface area contributed by atoms with Gasteiger partial charge in [-0.3, -0.25) is 9.00 Å². The number of rotatable bonds is 7. The minimum Gasteiger partial charge on any atom is -0.352 e. The van der Waals surface area contributed by atoms with Crippen molar-refractivity contribution < 1.29 is 9.00 Å². The third-order valence-electron chi connectivity index (χ3n) is 3.53. The van der Waals surface area contributed by atoms with Gasteiger partial charge >= 0.3 is 0 Å². The maximum atomic E-state index is 12.3. The molecule has 4 heteroatoms. The Morgan fingerprint density at radius 1 is 1.05 bits per heavy atom. The molecule has 22 heavy (non-hydrogen) atoms. The number of hydrogen-bond acceptors (Lipinski definition) is 2. The molecule has 2 rings (SSSR count). The molecule has 0 heterocycles. The molecule has 2 atom stereocenters. The summed E-state index contributed by atoms with van der Waals surface area (Å²) in [6.07, 6.45) is 0.680. The van der Waals surface area contributed by atoms with Crippen LogP contribution in [-0.4, -0.2) is 15.9 Å². The Kier molecular flexibility index (Phi) is 6.34. The molecule has 116 valence electrons. The highest BCUT2D eigenvalue weighted by molar-refractivity contribution is 7.85. The fraction of sp³-hybridized carbons (Fsp3) is 0.278. The number of carbonyl (C=O) groups is 1. The zero-order valence-corrected chi connectivity index (χ0v) is 13.5. The first kappa shape index (κ1) is 16.4. The highest BCUT2D eigenvalue weighted by atomic mass is 32.2. The van der Waals surface area contributed by atoms with E-state index in [4.69, 9.17) is 0 Å². The lowest BCUT2D eigenvalue weighted by atomic mass is 10.1. The van der Waals surface area contributed by atoms with Gasteiger partial charge in [-0.1, -0.05) is 55.5 Å². The second kappa shape index (κ2) is 8.49. The Morgan fingerprint density at radius 2 is 1.64 bits per heavy atom. The van der Waals surface area contributed by atoms with Crippen LogP contribution in [0.1, 0.15) is 18.9 Å². The molecule has 0 saturated carbocycles. The molecule has 0 aliphatic rings. The van der Waals surface area contributed by atoms with Crippen molar-refractivity contribution in [2.75, 3.05) is 5.75 Å². The lowest BCUT2D eigenvalue weighted by Gasteiger charge is -2.15. The van der Waals surface area contributed by atoms with Crippen LogP contribution in [0.15, 0.2) is 65.6 Å². The molecule has 1 amide bonds. The smallest absolute Gasteiger partial charge is 0.224 e. The molecule has 0 saturated heterocycles. The van der Waals surface area contributed by atoms with E-state index in [0.717, 1.165) is 10.5 Å². The van der Waals surface area contributed by atoms with Crippen LogP contribution in [0.2, 0.25) is 0 Å². The molecule has 0 bridgehead atoms. The van der Waals surface area contributed by atoms with E-state index in [9.17, 15) is 9.00 Å². The third kappa shape index (κ3) is 4.81. The van der Waals surface area contributed by atoms with E-state index in [1.807, 2.05) is 67.6 Å². The second-order valence-corrected chi connectivity index (χ2v) is 6.63. The molecule has 2 unspecified atom stereocenters. The van der Waals surface area contributed by atoms with Crippen LogP contribution in [0.4, 0.5) is 0 Å². The quantitative estimate of drug-likeness (QED) is 0.853. The largest absolute Gasteiger partial charge is 0.352 e. The van der Waals surface area contributed by atoms with Crippen molar-refractivity contribution in [3.05, 3.63) is 66.2 Å². The SMILES string of the molecule is CCC(CS(=O)c1ccccc1)C(=O)NCc1ccccc1. The maximum absolute atomic E-state index is 12.3. The highest BCUT2D eigenvalue weighted by Gasteiger charge is 2.19. The molecule has 0 fully saturated rings. The number of nitrogens with one attached hydrogen (secondary N) is 1. The van der Waals surface area contributed by atoms with Gasteiger partial charge in [-0.05, 0) is 24.1 Å². The summed E-state index contributed by atoms with van der Waals surface area (Å²) in [5, 5.41) is 2.93. The van der Waals surface area contributed by atoms with Crippen molar-refractivity contribution in [1.82, 2.24) is 5.32 Å². The average molecular weight is 315 g/mol. The van der Waals surface area contributed by atoms with Gasteiger partial charge in [0.25, 0.3) is 0 Å². The monoisotopic (exact) mass is 315 g/mol. The van der Waals surface area contributed by atoms with Crippen molar-refractivity contribution in [2.45, 2.75) is 24.8 Å². The molecule has 0 aliphatic heterocycles. The van der Waals surface area contributed by atoms with Gasteiger partial charge in [-0.2, -0.15) is 0 Å². The first-order valence-corrected chi connectivity index (χ1v) is 8.77. The predicted molar refractivity (Wildman–Crippen MR) is 89.8 cm³/mol. The summed E-state index contributed by atoms with van der Waals surface area (Å²) in [4.78, 5) is 13.0. The Labute approximate surface area is 134 Å². The van der Waals surface area contributed by atoms with Gasteiger partial charge in [0.15, 0.2) is 0 Å². The van der Waals surface area contributed by atoms with Crippen LogP contribution in [-0.2, 0) is 22.1 Å². The lowest BCUT2D eigenvalue weighted by molar-refractivity contribution is -0.124. The van der Waals surface area contributed by atoms with Gasteiger partial charge in [0, 0.05) is 23.1 Å². The fourth-order valence-electron chi connectivity index (χ4n) is 2.16. The number of amides is 1. The molecule has 0 radical (unpaired) electrons. The highest BCUT2D eigenvalue weighted by Crippen LogP contribution is 2.12. The summed E-state index contributed by atoms with van der Waals surface area (Å²) in [6, 6.07) is 19.1. The minimum atomic E-state index is -1.14. The normalized spacial score (nSPS) is 13.3. The van der Waals surface area contributed by atoms with Gasteiger partial charge in [-0.15, -0.1) is 0 Å². The van der Waals surface area contributed by atoms with E-state index in [1.54, 1.807) is 0 Å². The summed E-state index contributed by atoms with van der Waals surface area (Å²) in [5.74, 6) is 0.0987. The molecule has 3 nitrogen and oxygen atoms in total. The molecule has 0 aromatic heterocycles. The first-order chi connectivity index (χ1) is 10.7. The van der Waals surface area contributed by atoms with Crippen LogP contribution in [0, 0.1) is 5.92 Å². The van der Waals surface area contributed by atoms with E-state index in [-0.39, 0.29) is 11.8 Å². The zero-order chi connectivity index (χ0) is 15.8. The summed E-state index contributed by atoms with van der Waals surface area (Å²) < 4.78 is 12.3. The minimum absolute atomic E-state index is 0.0318. The van der Waals surface area contributed by atoms with Crippen molar-refractivity contribution in [3.63, 3.8) is 0 Å². The third-order valence-corrected chi connectivity index (χ3v) is 5.03. The van der Waals surface area contributed by atoms with Gasteiger partial charge in [0.05, 0.1) is 10.8 Å². The molecule has 2 aromatic rings. The van der Waals surface area contributed by atoms with E-state index in [0.29, 0.717) is 18.7 Å². The molecular weight excluding hydrogens is 294 g/mol. The van der Waals surface area contributed by atoms with Crippen molar-refractivity contribution in [1.29, 1.82) is 0 Å². The van der Waals surface area contributed by atoms with E-state index in [2.05, 4.69) is 5.32 Å². The molecule has 0 aliphatic carbocycles. The summed E-state index contributed by atoms with van der Waals surface area (Å²) in [5.41, 5.74) is 1.06. The Hall–Kier alpha value is -1.94. The molecular formula is C18H21NO2S. The van der Waals surface area contributed by atoms with E-state index in [1.165, 1.54) is 0 Å². The average Bonchev–Trinajstić information content (AvgIpc) is 2.59. The van der Waals surface area contributed by atoms with Crippen LogP contribution >= 0.6 is 0 Å². The Bertz CT molecular complexity index is 613. The molecule has 1 N–H and O–H groups in total. The topological polar surface area (TPSA) is 46.2 Å². The van der Waals surface area contributed by atoms with Crippen LogP contribution < -0.4 is 5.32 Å². The lowest BCUT2D eigenvalue weighted by Crippen LogP contribution is -2.33. The number of carbonyl (C=O) groups excluding carboxylic acids is 1. The van der Waals surface area contributed by atoms with Crippen molar-refractivity contribution in [3.8, 4) is 0 Å². The first-order valence-electron chi connectivity index (χ1n) is 7.45. The molecule has 0 spiro atoms. The van der Waals surface area contributed by atoms with Crippen LogP contribution in [0.3, 0.4) is 0 Å². The van der Waals surface area contributed by atoms with Gasteiger partial charge < -0.3 is 5.32 Å². The Balaban J connectivity index is 1.90. The predicted octanol–water partition coefficient (Wildman–Crippen LogP) is 3.14. The summed E-state index contributed by atoms with van der Waals surface area (Å²) >= 11 is 0. The summed E-state index contributed by atoms with van der Waals surface area (Å²) in [7, 11) is -1.14. The van der Waals surface area contributed by atoms with Gasteiger partial charge in [0.1, 0.15) is 0 Å². The maximum Gasteiger partial charge on any atom is 0.224 e. The standard InChI is InChI=1S/C18H21NO2S/c1-2-16(14-22(21)17-11-7-4-8-12-17)18(20)19-13-15-9-5-3-6-10-15/h3-12,16H,2,13-14H2,1H3,(H,19,20). The van der Waals surface area contributed by atoms with E-state index < -0.39 is 10.8 Å². The second-order valence-electron chi connectivity index (χ2n) is 5.13. The Morgan fingerprint density at radius 3 is 2.23 bits per heavy atom. The number of benzene rings is 2. The van der Waals surface area contributed by atoms with Crippen molar-refractivity contribution in [2.24, 2.45) is 5.92 Å². The van der Waals surface area contributed by atoms with Gasteiger partial charge in [-0.25, -0.2) is 0 Å². The van der Waals surface area contributed by atoms with E-state index >= 15 is 0 Å². The van der Waals surface area contributed by atoms with Crippen LogP contribution in [0.25, 0.3) is 0 Å². The summed E-state index contributed by atoms with van der Waals surface area (Å²) in [6.45, 7) is 2.46. The molecule has 2 aromatic carbocycles. The van der Waals surface area contributed by atoms with Crippen molar-refractivity contribution >= 4 is 16.7 Å². The fourth-order valence-corrected chi connectivity index (χ4v) is 3.57. The number of hydrogen-bond donors (Lipinski definition) is 1.